The van der Waals surface area contributed by atoms with Crippen molar-refractivity contribution < 1.29 is 0 Å². The molecule has 0 aliphatic rings. The van der Waals surface area contributed by atoms with E-state index in [1.807, 2.05) is 0 Å². The first-order chi connectivity index (χ1) is 26.8. The number of hydrogen-bond acceptors (Lipinski definition) is 0. The summed E-state index contributed by atoms with van der Waals surface area (Å²) in [4.78, 5) is 0. The molecule has 0 aliphatic heterocycles. The van der Waals surface area contributed by atoms with Crippen LogP contribution in [0.25, 0.3) is 109 Å². The van der Waals surface area contributed by atoms with E-state index in [0.717, 1.165) is 0 Å². The lowest BCUT2D eigenvalue weighted by molar-refractivity contribution is 1.19. The molecule has 2 aromatic heterocycles. The van der Waals surface area contributed by atoms with Gasteiger partial charge in [0.1, 0.15) is 0 Å². The zero-order chi connectivity index (χ0) is 35.3. The molecular weight excluding hydrogens is 653 g/mol. The van der Waals surface area contributed by atoms with E-state index in [2.05, 4.69) is 203 Å². The minimum Gasteiger partial charge on any atom is -0.309 e. The summed E-state index contributed by atoms with van der Waals surface area (Å²) in [5.74, 6) is 0. The number of para-hydroxylation sites is 2. The number of benzene rings is 10. The van der Waals surface area contributed by atoms with Gasteiger partial charge in [-0.1, -0.05) is 140 Å². The number of nitrogens with zero attached hydrogens (tertiary/aromatic N) is 2. The van der Waals surface area contributed by atoms with E-state index < -0.39 is 0 Å². The van der Waals surface area contributed by atoms with Crippen LogP contribution in [0.5, 0.6) is 0 Å². The molecule has 2 nitrogen and oxygen atoms in total. The first kappa shape index (κ1) is 29.4. The Balaban J connectivity index is 1.03. The van der Waals surface area contributed by atoms with E-state index in [0.29, 0.717) is 0 Å². The van der Waals surface area contributed by atoms with E-state index in [1.165, 1.54) is 109 Å². The molecule has 2 heterocycles. The van der Waals surface area contributed by atoms with Crippen LogP contribution in [0.15, 0.2) is 194 Å². The van der Waals surface area contributed by atoms with Gasteiger partial charge in [-0.3, -0.25) is 0 Å². The van der Waals surface area contributed by atoms with Crippen LogP contribution in [0.2, 0.25) is 0 Å². The van der Waals surface area contributed by atoms with Crippen molar-refractivity contribution in [3.63, 3.8) is 0 Å². The summed E-state index contributed by atoms with van der Waals surface area (Å²) >= 11 is 0. The molecule has 2 heteroatoms. The van der Waals surface area contributed by atoms with E-state index in [4.69, 9.17) is 0 Å². The normalized spacial score (nSPS) is 12.1. The topological polar surface area (TPSA) is 9.86 Å². The van der Waals surface area contributed by atoms with E-state index in [9.17, 15) is 0 Å². The highest BCUT2D eigenvalue weighted by Gasteiger charge is 2.18. The van der Waals surface area contributed by atoms with Crippen LogP contribution >= 0.6 is 0 Å². The molecule has 0 aliphatic carbocycles. The fourth-order valence-electron chi connectivity index (χ4n) is 9.20. The molecule has 0 N–H and O–H groups in total. The van der Waals surface area contributed by atoms with Gasteiger partial charge in [-0.25, -0.2) is 0 Å². The zero-order valence-electron chi connectivity index (χ0n) is 29.4. The lowest BCUT2D eigenvalue weighted by atomic mass is 10.00. The van der Waals surface area contributed by atoms with Crippen LogP contribution in [0, 0.1) is 0 Å². The van der Waals surface area contributed by atoms with Gasteiger partial charge < -0.3 is 9.13 Å². The van der Waals surface area contributed by atoms with Gasteiger partial charge in [0.25, 0.3) is 0 Å². The first-order valence-corrected chi connectivity index (χ1v) is 18.7. The van der Waals surface area contributed by atoms with Crippen LogP contribution in [-0.4, -0.2) is 9.13 Å². The summed E-state index contributed by atoms with van der Waals surface area (Å²) < 4.78 is 4.88. The Hall–Kier alpha value is -7.16. The number of rotatable bonds is 3. The summed E-state index contributed by atoms with van der Waals surface area (Å²) in [7, 11) is 0. The molecule has 12 aromatic rings. The molecule has 250 valence electrons. The molecule has 0 fully saturated rings. The highest BCUT2D eigenvalue weighted by atomic mass is 15.0. The monoisotopic (exact) mass is 684 g/mol. The molecule has 0 unspecified atom stereocenters. The molecule has 0 amide bonds. The number of aromatic nitrogens is 2. The quantitative estimate of drug-likeness (QED) is 0.164. The molecule has 10 aromatic carbocycles. The Morgan fingerprint density at radius 3 is 1.43 bits per heavy atom. The van der Waals surface area contributed by atoms with Crippen LogP contribution < -0.4 is 0 Å². The minimum atomic E-state index is 1.17. The van der Waals surface area contributed by atoms with E-state index >= 15 is 0 Å². The van der Waals surface area contributed by atoms with Gasteiger partial charge >= 0.3 is 0 Å². The molecule has 0 radical (unpaired) electrons. The van der Waals surface area contributed by atoms with Gasteiger partial charge in [-0.05, 0) is 103 Å². The SMILES string of the molecule is c1ccc2c(c1)ccc1cc(-n3c4ccccc4c4cc(-c5ccc6c(c5)c5ccccc5n6-c5cccc6c5ccc5ccccc56)ccc43)ccc12. The van der Waals surface area contributed by atoms with Crippen molar-refractivity contribution in [1.29, 1.82) is 0 Å². The van der Waals surface area contributed by atoms with Gasteiger partial charge in [0.05, 0.1) is 27.8 Å². The second-order valence-electron chi connectivity index (χ2n) is 14.5. The van der Waals surface area contributed by atoms with Crippen molar-refractivity contribution in [2.24, 2.45) is 0 Å². The Morgan fingerprint density at radius 2 is 0.722 bits per heavy atom. The van der Waals surface area contributed by atoms with Crippen molar-refractivity contribution in [3.8, 4) is 22.5 Å². The Bertz CT molecular complexity index is 3510. The van der Waals surface area contributed by atoms with E-state index in [1.54, 1.807) is 0 Å². The summed E-state index contributed by atoms with van der Waals surface area (Å²) in [5.41, 5.74) is 9.65. The summed E-state index contributed by atoms with van der Waals surface area (Å²) in [6.45, 7) is 0. The van der Waals surface area contributed by atoms with Crippen molar-refractivity contribution >= 4 is 86.7 Å². The smallest absolute Gasteiger partial charge is 0.0541 e. The molecule has 12 rings (SSSR count). The van der Waals surface area contributed by atoms with Crippen LogP contribution in [0.1, 0.15) is 0 Å². The van der Waals surface area contributed by atoms with Crippen molar-refractivity contribution in [1.82, 2.24) is 9.13 Å². The lowest BCUT2D eigenvalue weighted by Gasteiger charge is -2.13. The average Bonchev–Trinajstić information content (AvgIpc) is 3.75. The van der Waals surface area contributed by atoms with Crippen molar-refractivity contribution in [2.45, 2.75) is 0 Å². The Labute approximate surface area is 311 Å². The Morgan fingerprint density at radius 1 is 0.241 bits per heavy atom. The maximum absolute atomic E-state index is 2.45. The molecule has 0 bridgehead atoms. The second-order valence-corrected chi connectivity index (χ2v) is 14.5. The van der Waals surface area contributed by atoms with Crippen LogP contribution in [-0.2, 0) is 0 Å². The van der Waals surface area contributed by atoms with E-state index in [-0.39, 0.29) is 0 Å². The predicted molar refractivity (Wildman–Crippen MR) is 231 cm³/mol. The maximum atomic E-state index is 2.45. The summed E-state index contributed by atoms with van der Waals surface area (Å²) in [6.07, 6.45) is 0. The standard InChI is InChI=1S/C52H32N2/c1-3-12-39-33(10-1)20-21-37-30-38(25-27-41(37)39)53-48-17-7-5-14-43(48)46-31-35(23-28-51(46)53)36-24-29-52-47(32-36)44-15-6-8-18-49(44)54(52)50-19-9-16-42-40-13-4-2-11-34(40)22-26-45(42)50/h1-32H. The van der Waals surface area contributed by atoms with Crippen LogP contribution in [0.3, 0.4) is 0 Å². The molecule has 0 atom stereocenters. The average molecular weight is 685 g/mol. The third kappa shape index (κ3) is 4.17. The summed E-state index contributed by atoms with van der Waals surface area (Å²) in [6, 6.07) is 71.6. The Kier molecular flexibility index (Phi) is 6.09. The lowest BCUT2D eigenvalue weighted by Crippen LogP contribution is -1.95. The molecule has 0 saturated heterocycles. The number of hydrogen-bond donors (Lipinski definition) is 0. The largest absolute Gasteiger partial charge is 0.309 e. The predicted octanol–water partition coefficient (Wildman–Crippen LogP) is 14.2. The molecule has 0 saturated carbocycles. The van der Waals surface area contributed by atoms with Crippen molar-refractivity contribution in [2.75, 3.05) is 0 Å². The number of fused-ring (bicyclic) bond motifs is 12. The fraction of sp³-hybridized carbons (Fsp3) is 0. The van der Waals surface area contributed by atoms with Gasteiger partial charge in [-0.15, -0.1) is 0 Å². The maximum Gasteiger partial charge on any atom is 0.0541 e. The third-order valence-electron chi connectivity index (χ3n) is 11.7. The van der Waals surface area contributed by atoms with Gasteiger partial charge in [-0.2, -0.15) is 0 Å². The van der Waals surface area contributed by atoms with Gasteiger partial charge in [0.15, 0.2) is 0 Å². The fourth-order valence-corrected chi connectivity index (χ4v) is 9.20. The van der Waals surface area contributed by atoms with Crippen molar-refractivity contribution in [3.05, 3.63) is 194 Å². The highest BCUT2D eigenvalue weighted by molar-refractivity contribution is 6.16. The van der Waals surface area contributed by atoms with Gasteiger partial charge in [0.2, 0.25) is 0 Å². The minimum absolute atomic E-state index is 1.17. The second kappa shape index (κ2) is 11.2. The summed E-state index contributed by atoms with van der Waals surface area (Å²) in [5, 5.41) is 15.2. The molecule has 54 heavy (non-hydrogen) atoms. The van der Waals surface area contributed by atoms with Gasteiger partial charge in [0, 0.05) is 32.6 Å². The highest BCUT2D eigenvalue weighted by Crippen LogP contribution is 2.40. The third-order valence-corrected chi connectivity index (χ3v) is 11.7. The molecule has 0 spiro atoms. The molecular formula is C52H32N2. The zero-order valence-corrected chi connectivity index (χ0v) is 29.4. The first-order valence-electron chi connectivity index (χ1n) is 18.7. The van der Waals surface area contributed by atoms with Crippen LogP contribution in [0.4, 0.5) is 0 Å².